The van der Waals surface area contributed by atoms with Gasteiger partial charge >= 0.3 is 0 Å². The number of carbonyl (C=O) groups excluding carboxylic acids is 1. The van der Waals surface area contributed by atoms with Crippen LogP contribution in [0.3, 0.4) is 0 Å². The fraction of sp³-hybridized carbons (Fsp3) is 0.500. The van der Waals surface area contributed by atoms with E-state index in [9.17, 15) is 4.79 Å². The largest absolute Gasteiger partial charge is 0.337 e. The van der Waals surface area contributed by atoms with Crippen LogP contribution in [0.1, 0.15) is 19.8 Å². The number of likely N-dealkylation sites (tertiary alicyclic amines) is 1. The Bertz CT molecular complexity index is 701. The molecule has 1 aliphatic rings. The third-order valence-corrected chi connectivity index (χ3v) is 4.65. The molecule has 7 nitrogen and oxygen atoms in total. The van der Waals surface area contributed by atoms with Crippen LogP contribution in [0.15, 0.2) is 24.3 Å². The normalized spacial score (nSPS) is 21.0. The number of benzene rings is 1. The Morgan fingerprint density at radius 3 is 2.83 bits per heavy atom. The number of hydrogen-bond donors (Lipinski definition) is 1. The lowest BCUT2D eigenvalue weighted by molar-refractivity contribution is -0.136. The molecule has 1 fully saturated rings. The topological polar surface area (TPSA) is 89.9 Å². The van der Waals surface area contributed by atoms with Crippen molar-refractivity contribution in [2.24, 2.45) is 11.7 Å². The van der Waals surface area contributed by atoms with Crippen molar-refractivity contribution in [3.05, 3.63) is 29.3 Å². The Labute approximate surface area is 145 Å². The monoisotopic (exact) mass is 348 g/mol. The van der Waals surface area contributed by atoms with Crippen molar-refractivity contribution in [2.45, 2.75) is 32.4 Å². The molecule has 1 aromatic heterocycles. The summed E-state index contributed by atoms with van der Waals surface area (Å²) in [4.78, 5) is 15.7. The van der Waals surface area contributed by atoms with Crippen molar-refractivity contribution in [1.29, 1.82) is 0 Å². The zero-order valence-electron chi connectivity index (χ0n) is 13.6. The summed E-state index contributed by atoms with van der Waals surface area (Å²) < 4.78 is 0. The second kappa shape index (κ2) is 7.27. The molecule has 128 valence electrons. The molecule has 0 bridgehead atoms. The van der Waals surface area contributed by atoms with Crippen LogP contribution in [0.4, 0.5) is 0 Å². The highest BCUT2D eigenvalue weighted by Crippen LogP contribution is 2.22. The molecule has 1 amide bonds. The van der Waals surface area contributed by atoms with E-state index in [0.717, 1.165) is 24.9 Å². The molecule has 0 aliphatic carbocycles. The van der Waals surface area contributed by atoms with E-state index in [1.807, 2.05) is 17.0 Å². The van der Waals surface area contributed by atoms with Crippen LogP contribution in [0, 0.1) is 5.92 Å². The minimum Gasteiger partial charge on any atom is -0.337 e. The van der Waals surface area contributed by atoms with E-state index in [1.54, 1.807) is 12.1 Å². The third-order valence-electron chi connectivity index (χ3n) is 4.40. The second-order valence-corrected chi connectivity index (χ2v) is 6.69. The molecule has 1 aromatic carbocycles. The average Bonchev–Trinajstić information content (AvgIpc) is 3.03. The van der Waals surface area contributed by atoms with E-state index in [0.29, 0.717) is 23.3 Å². The first-order valence-corrected chi connectivity index (χ1v) is 8.48. The first-order valence-electron chi connectivity index (χ1n) is 8.10. The maximum atomic E-state index is 12.6. The molecule has 2 heterocycles. The molecule has 1 saturated heterocycles. The van der Waals surface area contributed by atoms with Crippen molar-refractivity contribution < 1.29 is 4.79 Å². The average molecular weight is 349 g/mol. The minimum absolute atomic E-state index is 0.0163. The maximum Gasteiger partial charge on any atom is 0.246 e. The Kier molecular flexibility index (Phi) is 5.11. The molecule has 8 heteroatoms. The number of rotatable bonds is 4. The molecule has 0 radical (unpaired) electrons. The van der Waals surface area contributed by atoms with Gasteiger partial charge in [0.15, 0.2) is 0 Å². The molecule has 2 aromatic rings. The molecule has 1 aliphatic heterocycles. The Morgan fingerprint density at radius 2 is 2.12 bits per heavy atom. The maximum absolute atomic E-state index is 12.6. The van der Waals surface area contributed by atoms with Crippen LogP contribution in [0.25, 0.3) is 11.4 Å². The van der Waals surface area contributed by atoms with Crippen molar-refractivity contribution in [3.63, 3.8) is 0 Å². The summed E-state index contributed by atoms with van der Waals surface area (Å²) in [6, 6.07) is 7.28. The fourth-order valence-corrected chi connectivity index (χ4v) is 3.17. The lowest BCUT2D eigenvalue weighted by atomic mass is 9.92. The van der Waals surface area contributed by atoms with E-state index >= 15 is 0 Å². The highest BCUT2D eigenvalue weighted by atomic mass is 35.5. The van der Waals surface area contributed by atoms with Gasteiger partial charge in [-0.3, -0.25) is 4.79 Å². The summed E-state index contributed by atoms with van der Waals surface area (Å²) >= 11 is 5.87. The number of tetrazole rings is 1. The lowest BCUT2D eigenvalue weighted by Gasteiger charge is -2.37. The smallest absolute Gasteiger partial charge is 0.246 e. The zero-order chi connectivity index (χ0) is 17.1. The van der Waals surface area contributed by atoms with Gasteiger partial charge in [0.05, 0.1) is 0 Å². The number of nitrogens with two attached hydrogens (primary N) is 1. The standard InChI is InChI=1S/C16H21ClN6O/c1-11-6-7-22(14(8-11)9-18)15(24)10-23-20-16(19-21-23)12-2-4-13(17)5-3-12/h2-5,11,14H,6-10,18H2,1H3. The molecule has 0 spiro atoms. The molecule has 2 atom stereocenters. The van der Waals surface area contributed by atoms with Crippen LogP contribution in [0.5, 0.6) is 0 Å². The quantitative estimate of drug-likeness (QED) is 0.906. The van der Waals surface area contributed by atoms with Crippen molar-refractivity contribution in [3.8, 4) is 11.4 Å². The third kappa shape index (κ3) is 3.73. The summed E-state index contributed by atoms with van der Waals surface area (Å²) in [5, 5.41) is 12.9. The number of aromatic nitrogens is 4. The predicted octanol–water partition coefficient (Wildman–Crippen LogP) is 1.58. The Morgan fingerprint density at radius 1 is 1.38 bits per heavy atom. The van der Waals surface area contributed by atoms with Gasteiger partial charge in [0.1, 0.15) is 6.54 Å². The summed E-state index contributed by atoms with van der Waals surface area (Å²) in [6.07, 6.45) is 1.95. The van der Waals surface area contributed by atoms with Crippen molar-refractivity contribution in [1.82, 2.24) is 25.1 Å². The van der Waals surface area contributed by atoms with Gasteiger partial charge in [-0.25, -0.2) is 0 Å². The van der Waals surface area contributed by atoms with Gasteiger partial charge in [-0.15, -0.1) is 10.2 Å². The van der Waals surface area contributed by atoms with Gasteiger partial charge < -0.3 is 10.6 Å². The molecule has 2 N–H and O–H groups in total. The summed E-state index contributed by atoms with van der Waals surface area (Å²) in [6.45, 7) is 3.49. The first-order chi connectivity index (χ1) is 11.6. The van der Waals surface area contributed by atoms with E-state index in [2.05, 4.69) is 22.3 Å². The molecule has 2 unspecified atom stereocenters. The molecule has 3 rings (SSSR count). The van der Waals surface area contributed by atoms with Gasteiger partial charge in [0.25, 0.3) is 0 Å². The van der Waals surface area contributed by atoms with Crippen molar-refractivity contribution in [2.75, 3.05) is 13.1 Å². The highest BCUT2D eigenvalue weighted by Gasteiger charge is 2.29. The van der Waals surface area contributed by atoms with E-state index in [-0.39, 0.29) is 18.5 Å². The van der Waals surface area contributed by atoms with Gasteiger partial charge in [0, 0.05) is 29.7 Å². The van der Waals surface area contributed by atoms with E-state index < -0.39 is 0 Å². The van der Waals surface area contributed by atoms with Gasteiger partial charge in [0.2, 0.25) is 11.7 Å². The minimum atomic E-state index is -0.0163. The second-order valence-electron chi connectivity index (χ2n) is 6.26. The molecular formula is C16H21ClN6O. The molecule has 0 saturated carbocycles. The fourth-order valence-electron chi connectivity index (χ4n) is 3.04. The van der Waals surface area contributed by atoms with Crippen molar-refractivity contribution >= 4 is 17.5 Å². The highest BCUT2D eigenvalue weighted by molar-refractivity contribution is 6.30. The van der Waals surface area contributed by atoms with Gasteiger partial charge in [-0.05, 0) is 48.2 Å². The number of piperidine rings is 1. The summed E-state index contributed by atoms with van der Waals surface area (Å²) in [5.74, 6) is 1.06. The Hall–Kier alpha value is -1.99. The van der Waals surface area contributed by atoms with Crippen LogP contribution in [0.2, 0.25) is 5.02 Å². The Balaban J connectivity index is 1.68. The summed E-state index contributed by atoms with van der Waals surface area (Å²) in [5.41, 5.74) is 6.63. The number of carbonyl (C=O) groups is 1. The number of amides is 1. The lowest BCUT2D eigenvalue weighted by Crippen LogP contribution is -2.50. The number of nitrogens with zero attached hydrogens (tertiary/aromatic N) is 5. The van der Waals surface area contributed by atoms with E-state index in [1.165, 1.54) is 4.80 Å². The van der Waals surface area contributed by atoms with Crippen LogP contribution in [-0.2, 0) is 11.3 Å². The van der Waals surface area contributed by atoms with Gasteiger partial charge in [-0.2, -0.15) is 4.80 Å². The summed E-state index contributed by atoms with van der Waals surface area (Å²) in [7, 11) is 0. The molecular weight excluding hydrogens is 328 g/mol. The number of halogens is 1. The first kappa shape index (κ1) is 16.9. The number of hydrogen-bond acceptors (Lipinski definition) is 5. The predicted molar refractivity (Wildman–Crippen MR) is 91.2 cm³/mol. The van der Waals surface area contributed by atoms with Crippen LogP contribution >= 0.6 is 11.6 Å². The zero-order valence-corrected chi connectivity index (χ0v) is 14.4. The van der Waals surface area contributed by atoms with Crippen LogP contribution < -0.4 is 5.73 Å². The van der Waals surface area contributed by atoms with Gasteiger partial charge in [-0.1, -0.05) is 18.5 Å². The van der Waals surface area contributed by atoms with Crippen LogP contribution in [-0.4, -0.2) is 50.1 Å². The van der Waals surface area contributed by atoms with E-state index in [4.69, 9.17) is 17.3 Å². The SMILES string of the molecule is CC1CCN(C(=O)Cn2nnc(-c3ccc(Cl)cc3)n2)C(CN)C1. The molecule has 24 heavy (non-hydrogen) atoms.